The highest BCUT2D eigenvalue weighted by molar-refractivity contribution is 7.93. The Morgan fingerprint density at radius 3 is 2.47 bits per heavy atom. The molecule has 1 amide bonds. The Labute approximate surface area is 101 Å². The molecule has 0 saturated heterocycles. The number of aryl methyl sites for hydroxylation is 1. The van der Waals surface area contributed by atoms with Crippen LogP contribution in [-0.4, -0.2) is 26.6 Å². The second kappa shape index (κ2) is 4.75. The molecule has 0 bridgehead atoms. The third kappa shape index (κ3) is 2.58. The van der Waals surface area contributed by atoms with Crippen molar-refractivity contribution < 1.29 is 13.2 Å². The summed E-state index contributed by atoms with van der Waals surface area (Å²) >= 11 is 0. The van der Waals surface area contributed by atoms with E-state index in [4.69, 9.17) is 5.73 Å². The molecular weight excluding hydrogens is 240 g/mol. The molecular formula is C11H16N2O3S. The van der Waals surface area contributed by atoms with Gasteiger partial charge >= 0.3 is 0 Å². The van der Waals surface area contributed by atoms with Crippen LogP contribution >= 0.6 is 0 Å². The van der Waals surface area contributed by atoms with Gasteiger partial charge in [-0.3, -0.25) is 4.79 Å². The number of nitrogens with one attached hydrogen (secondary N) is 1. The summed E-state index contributed by atoms with van der Waals surface area (Å²) in [5.74, 6) is -0.551. The molecule has 1 aromatic carbocycles. The molecule has 1 rings (SSSR count). The summed E-state index contributed by atoms with van der Waals surface area (Å²) in [6, 6.07) is 4.66. The lowest BCUT2D eigenvalue weighted by molar-refractivity contribution is -0.119. The average molecular weight is 256 g/mol. The van der Waals surface area contributed by atoms with Crippen LogP contribution in [0.1, 0.15) is 12.5 Å². The molecule has 0 heterocycles. The van der Waals surface area contributed by atoms with E-state index in [2.05, 4.69) is 5.32 Å². The maximum absolute atomic E-state index is 12.1. The molecule has 17 heavy (non-hydrogen) atoms. The number of hydrogen-bond acceptors (Lipinski definition) is 4. The first kappa shape index (κ1) is 13.5. The molecule has 0 aliphatic carbocycles. The van der Waals surface area contributed by atoms with Crippen LogP contribution in [0.15, 0.2) is 23.1 Å². The first-order chi connectivity index (χ1) is 7.80. The van der Waals surface area contributed by atoms with Crippen LogP contribution in [0.2, 0.25) is 0 Å². The summed E-state index contributed by atoms with van der Waals surface area (Å²) < 4.78 is 24.2. The van der Waals surface area contributed by atoms with Gasteiger partial charge in [-0.25, -0.2) is 8.42 Å². The van der Waals surface area contributed by atoms with Gasteiger partial charge in [0.1, 0.15) is 5.25 Å². The molecule has 94 valence electrons. The van der Waals surface area contributed by atoms with E-state index in [1.54, 1.807) is 12.1 Å². The molecule has 6 heteroatoms. The van der Waals surface area contributed by atoms with Gasteiger partial charge in [-0.15, -0.1) is 0 Å². The normalized spacial score (nSPS) is 13.1. The van der Waals surface area contributed by atoms with Crippen molar-refractivity contribution in [2.45, 2.75) is 24.0 Å². The van der Waals surface area contributed by atoms with Crippen molar-refractivity contribution in [3.8, 4) is 0 Å². The fraction of sp³-hybridized carbons (Fsp3) is 0.364. The highest BCUT2D eigenvalue weighted by atomic mass is 32.2. The van der Waals surface area contributed by atoms with Crippen LogP contribution in [0, 0.1) is 6.92 Å². The molecule has 0 aliphatic rings. The Balaban J connectivity index is 3.27. The molecule has 0 radical (unpaired) electrons. The van der Waals surface area contributed by atoms with Crippen molar-refractivity contribution >= 4 is 21.4 Å². The molecule has 0 saturated carbocycles. The van der Waals surface area contributed by atoms with Crippen LogP contribution < -0.4 is 11.1 Å². The summed E-state index contributed by atoms with van der Waals surface area (Å²) in [7, 11) is -2.34. The van der Waals surface area contributed by atoms with E-state index in [9.17, 15) is 13.2 Å². The zero-order chi connectivity index (χ0) is 13.2. The van der Waals surface area contributed by atoms with E-state index in [0.29, 0.717) is 0 Å². The predicted molar refractivity (Wildman–Crippen MR) is 66.3 cm³/mol. The van der Waals surface area contributed by atoms with E-state index in [1.807, 2.05) is 6.92 Å². The number of amides is 1. The fourth-order valence-electron chi connectivity index (χ4n) is 1.46. The quantitative estimate of drug-likeness (QED) is 0.770. The Bertz CT molecular complexity index is 538. The Morgan fingerprint density at radius 1 is 1.41 bits per heavy atom. The first-order valence-corrected chi connectivity index (χ1v) is 6.67. The average Bonchev–Trinajstić information content (AvgIpc) is 2.26. The fourth-order valence-corrected chi connectivity index (χ4v) is 2.89. The van der Waals surface area contributed by atoms with Crippen molar-refractivity contribution in [3.05, 3.63) is 23.8 Å². The second-order valence-electron chi connectivity index (χ2n) is 3.84. The van der Waals surface area contributed by atoms with Gasteiger partial charge in [0.25, 0.3) is 0 Å². The Hall–Kier alpha value is -1.56. The Morgan fingerprint density at radius 2 is 2.00 bits per heavy atom. The summed E-state index contributed by atoms with van der Waals surface area (Å²) in [6.45, 7) is 3.16. The highest BCUT2D eigenvalue weighted by Gasteiger charge is 2.30. The van der Waals surface area contributed by atoms with E-state index >= 15 is 0 Å². The lowest BCUT2D eigenvalue weighted by atomic mass is 10.2. The van der Waals surface area contributed by atoms with Gasteiger partial charge in [0.05, 0.1) is 10.6 Å². The van der Waals surface area contributed by atoms with Crippen LogP contribution in [0.5, 0.6) is 0 Å². The number of anilines is 1. The monoisotopic (exact) mass is 256 g/mol. The molecule has 0 aromatic heterocycles. The standard InChI is InChI=1S/C11H16N2O3S/c1-7-4-5-10(9(12)6-7)17(15,16)8(2)11(14)13-3/h4-6,8H,12H2,1-3H3,(H,13,14). The zero-order valence-electron chi connectivity index (χ0n) is 10.0. The first-order valence-electron chi connectivity index (χ1n) is 5.12. The van der Waals surface area contributed by atoms with Gasteiger partial charge < -0.3 is 11.1 Å². The molecule has 1 unspecified atom stereocenters. The lowest BCUT2D eigenvalue weighted by Crippen LogP contribution is -2.36. The van der Waals surface area contributed by atoms with Crippen molar-refractivity contribution in [2.24, 2.45) is 0 Å². The van der Waals surface area contributed by atoms with Crippen LogP contribution in [-0.2, 0) is 14.6 Å². The molecule has 0 aliphatic heterocycles. The highest BCUT2D eigenvalue weighted by Crippen LogP contribution is 2.23. The Kier molecular flexibility index (Phi) is 3.77. The van der Waals surface area contributed by atoms with Gasteiger partial charge in [-0.05, 0) is 31.5 Å². The number of nitrogen functional groups attached to an aromatic ring is 1. The smallest absolute Gasteiger partial charge is 0.238 e. The summed E-state index contributed by atoms with van der Waals surface area (Å²) in [5.41, 5.74) is 6.71. The van der Waals surface area contributed by atoms with Crippen LogP contribution in [0.4, 0.5) is 5.69 Å². The zero-order valence-corrected chi connectivity index (χ0v) is 10.8. The number of hydrogen-bond donors (Lipinski definition) is 2. The van der Waals surface area contributed by atoms with Crippen LogP contribution in [0.3, 0.4) is 0 Å². The number of carbonyl (C=O) groups excluding carboxylic acids is 1. The number of nitrogens with two attached hydrogens (primary N) is 1. The number of sulfone groups is 1. The van der Waals surface area contributed by atoms with Crippen molar-refractivity contribution in [3.63, 3.8) is 0 Å². The summed E-state index contributed by atoms with van der Waals surface area (Å²) in [6.07, 6.45) is 0. The molecule has 1 atom stereocenters. The van der Waals surface area contributed by atoms with E-state index in [0.717, 1.165) is 5.56 Å². The molecule has 0 spiro atoms. The number of rotatable bonds is 3. The minimum atomic E-state index is -3.73. The van der Waals surface area contributed by atoms with Crippen LogP contribution in [0.25, 0.3) is 0 Å². The molecule has 3 N–H and O–H groups in total. The molecule has 1 aromatic rings. The van der Waals surface area contributed by atoms with E-state index in [-0.39, 0.29) is 10.6 Å². The molecule has 0 fully saturated rings. The van der Waals surface area contributed by atoms with Crippen molar-refractivity contribution in [1.29, 1.82) is 0 Å². The maximum atomic E-state index is 12.1. The van der Waals surface area contributed by atoms with Gasteiger partial charge in [0.2, 0.25) is 5.91 Å². The topological polar surface area (TPSA) is 89.3 Å². The predicted octanol–water partition coefficient (Wildman–Crippen LogP) is 0.485. The van der Waals surface area contributed by atoms with Crippen molar-refractivity contribution in [1.82, 2.24) is 5.32 Å². The summed E-state index contributed by atoms with van der Waals surface area (Å²) in [5, 5.41) is 1.16. The number of benzene rings is 1. The minimum Gasteiger partial charge on any atom is -0.398 e. The van der Waals surface area contributed by atoms with Gasteiger partial charge in [-0.1, -0.05) is 6.07 Å². The van der Waals surface area contributed by atoms with E-state index < -0.39 is 21.0 Å². The third-order valence-electron chi connectivity index (χ3n) is 2.55. The SMILES string of the molecule is CNC(=O)C(C)S(=O)(=O)c1ccc(C)cc1N. The minimum absolute atomic E-state index is 0.000741. The largest absolute Gasteiger partial charge is 0.398 e. The lowest BCUT2D eigenvalue weighted by Gasteiger charge is -2.13. The van der Waals surface area contributed by atoms with Gasteiger partial charge in [0.15, 0.2) is 9.84 Å². The number of carbonyl (C=O) groups is 1. The second-order valence-corrected chi connectivity index (χ2v) is 6.08. The van der Waals surface area contributed by atoms with Gasteiger partial charge in [-0.2, -0.15) is 0 Å². The molecule has 5 nitrogen and oxygen atoms in total. The third-order valence-corrected chi connectivity index (χ3v) is 4.68. The van der Waals surface area contributed by atoms with Gasteiger partial charge in [0, 0.05) is 7.05 Å². The maximum Gasteiger partial charge on any atom is 0.238 e. The summed E-state index contributed by atoms with van der Waals surface area (Å²) in [4.78, 5) is 11.4. The van der Waals surface area contributed by atoms with E-state index in [1.165, 1.54) is 20.0 Å². The van der Waals surface area contributed by atoms with Crippen molar-refractivity contribution in [2.75, 3.05) is 12.8 Å².